The van der Waals surface area contributed by atoms with Crippen LogP contribution in [0.25, 0.3) is 6.08 Å². The third kappa shape index (κ3) is 5.30. The normalized spacial score (nSPS) is 12.3. The summed E-state index contributed by atoms with van der Waals surface area (Å²) in [5, 5.41) is 21.9. The zero-order valence-corrected chi connectivity index (χ0v) is 10.8. The predicted octanol–water partition coefficient (Wildman–Crippen LogP) is 0.509. The van der Waals surface area contributed by atoms with Crippen molar-refractivity contribution >= 4 is 35.3 Å². The Hall–Kier alpha value is -2.22. The van der Waals surface area contributed by atoms with Gasteiger partial charge in [-0.1, -0.05) is 0 Å². The number of carboxylic acid groups (broad SMARTS) is 2. The molecule has 1 atom stereocenters. The van der Waals surface area contributed by atoms with Crippen LogP contribution in [0.5, 0.6) is 0 Å². The maximum Gasteiger partial charge on any atom is 0.326 e. The summed E-state index contributed by atoms with van der Waals surface area (Å²) >= 11 is 1.42. The van der Waals surface area contributed by atoms with Crippen LogP contribution in [-0.2, 0) is 14.4 Å². The van der Waals surface area contributed by atoms with Crippen LogP contribution >= 0.6 is 11.3 Å². The van der Waals surface area contributed by atoms with Gasteiger partial charge in [-0.15, -0.1) is 11.3 Å². The maximum absolute atomic E-state index is 11.4. The van der Waals surface area contributed by atoms with E-state index >= 15 is 0 Å². The number of hydrogen-bond donors (Lipinski definition) is 3. The molecule has 7 nitrogen and oxygen atoms in total. The van der Waals surface area contributed by atoms with Crippen LogP contribution in [0, 0.1) is 6.92 Å². The van der Waals surface area contributed by atoms with Crippen molar-refractivity contribution in [2.24, 2.45) is 0 Å². The molecule has 0 spiro atoms. The van der Waals surface area contributed by atoms with Gasteiger partial charge in [-0.05, 0) is 13.0 Å². The van der Waals surface area contributed by atoms with E-state index < -0.39 is 30.3 Å². The van der Waals surface area contributed by atoms with Crippen LogP contribution in [0.2, 0.25) is 0 Å². The molecule has 3 N–H and O–H groups in total. The quantitative estimate of drug-likeness (QED) is 0.655. The number of hydrogen-bond acceptors (Lipinski definition) is 5. The van der Waals surface area contributed by atoms with Gasteiger partial charge in [0, 0.05) is 11.5 Å². The fraction of sp³-hybridized carbons (Fsp3) is 0.273. The van der Waals surface area contributed by atoms with Crippen molar-refractivity contribution < 1.29 is 24.6 Å². The zero-order valence-electron chi connectivity index (χ0n) is 9.99. The highest BCUT2D eigenvalue weighted by Crippen LogP contribution is 2.09. The second kappa shape index (κ2) is 6.64. The van der Waals surface area contributed by atoms with Crippen LogP contribution in [0.1, 0.15) is 17.1 Å². The van der Waals surface area contributed by atoms with Gasteiger partial charge >= 0.3 is 11.9 Å². The Morgan fingerprint density at radius 1 is 1.47 bits per heavy atom. The first-order chi connectivity index (χ1) is 8.88. The Labute approximate surface area is 112 Å². The van der Waals surface area contributed by atoms with Crippen molar-refractivity contribution in [2.75, 3.05) is 0 Å². The number of thiazole rings is 1. The number of carbonyl (C=O) groups is 3. The van der Waals surface area contributed by atoms with E-state index in [1.54, 1.807) is 5.38 Å². The van der Waals surface area contributed by atoms with Crippen LogP contribution in [0.3, 0.4) is 0 Å². The van der Waals surface area contributed by atoms with E-state index in [0.717, 1.165) is 11.1 Å². The number of aromatic nitrogens is 1. The third-order valence-corrected chi connectivity index (χ3v) is 2.83. The molecule has 0 fully saturated rings. The smallest absolute Gasteiger partial charge is 0.326 e. The summed E-state index contributed by atoms with van der Waals surface area (Å²) in [5.41, 5.74) is 0.586. The Morgan fingerprint density at radius 2 is 2.16 bits per heavy atom. The fourth-order valence-electron chi connectivity index (χ4n) is 1.21. The summed E-state index contributed by atoms with van der Waals surface area (Å²) in [7, 11) is 0. The van der Waals surface area contributed by atoms with E-state index in [0.29, 0.717) is 5.69 Å². The maximum atomic E-state index is 11.4. The Morgan fingerprint density at radius 3 is 2.63 bits per heavy atom. The van der Waals surface area contributed by atoms with Gasteiger partial charge in [0.2, 0.25) is 5.91 Å². The van der Waals surface area contributed by atoms with Crippen molar-refractivity contribution in [3.05, 3.63) is 22.2 Å². The van der Waals surface area contributed by atoms with E-state index in [9.17, 15) is 14.4 Å². The molecule has 8 heteroatoms. The lowest BCUT2D eigenvalue weighted by atomic mass is 10.2. The molecule has 0 aliphatic carbocycles. The van der Waals surface area contributed by atoms with Gasteiger partial charge in [-0.3, -0.25) is 9.59 Å². The molecule has 102 valence electrons. The van der Waals surface area contributed by atoms with Crippen molar-refractivity contribution in [1.29, 1.82) is 0 Å². The minimum absolute atomic E-state index is 0.586. The topological polar surface area (TPSA) is 117 Å². The van der Waals surface area contributed by atoms with Gasteiger partial charge < -0.3 is 15.5 Å². The van der Waals surface area contributed by atoms with Crippen molar-refractivity contribution in [1.82, 2.24) is 10.3 Å². The number of rotatable bonds is 6. The molecule has 0 bridgehead atoms. The van der Waals surface area contributed by atoms with Crippen LogP contribution < -0.4 is 5.32 Å². The van der Waals surface area contributed by atoms with E-state index in [4.69, 9.17) is 10.2 Å². The molecule has 1 heterocycles. The molecule has 0 aliphatic rings. The lowest BCUT2D eigenvalue weighted by Gasteiger charge is -2.10. The molecule has 0 aliphatic heterocycles. The van der Waals surface area contributed by atoms with E-state index in [1.165, 1.54) is 17.4 Å². The number of aryl methyl sites for hydroxylation is 1. The fourth-order valence-corrected chi connectivity index (χ4v) is 1.79. The van der Waals surface area contributed by atoms with Gasteiger partial charge in [-0.2, -0.15) is 0 Å². The number of aliphatic carboxylic acids is 2. The standard InChI is InChI=1S/C11H12N2O5S/c1-6-12-7(5-19-6)2-3-9(14)13-8(11(17)18)4-10(15)16/h2-3,5,8H,4H2,1H3,(H,13,14)(H,15,16)(H,17,18)/b3-2+/t8-/m0/s1. The Bertz CT molecular complexity index is 523. The monoisotopic (exact) mass is 284 g/mol. The number of nitrogens with one attached hydrogen (secondary N) is 1. The number of carboxylic acids is 2. The Balaban J connectivity index is 2.60. The van der Waals surface area contributed by atoms with E-state index in [1.807, 2.05) is 6.92 Å². The largest absolute Gasteiger partial charge is 0.481 e. The highest BCUT2D eigenvalue weighted by Gasteiger charge is 2.21. The van der Waals surface area contributed by atoms with E-state index in [2.05, 4.69) is 10.3 Å². The van der Waals surface area contributed by atoms with E-state index in [-0.39, 0.29) is 0 Å². The van der Waals surface area contributed by atoms with Gasteiger partial charge in [-0.25, -0.2) is 9.78 Å². The average Bonchev–Trinajstić information content (AvgIpc) is 2.71. The first-order valence-corrected chi connectivity index (χ1v) is 6.11. The van der Waals surface area contributed by atoms with Gasteiger partial charge in [0.05, 0.1) is 17.1 Å². The first kappa shape index (κ1) is 14.8. The van der Waals surface area contributed by atoms with Crippen LogP contribution in [0.4, 0.5) is 0 Å². The van der Waals surface area contributed by atoms with Crippen molar-refractivity contribution in [2.45, 2.75) is 19.4 Å². The summed E-state index contributed by atoms with van der Waals surface area (Å²) < 4.78 is 0. The molecule has 1 aromatic heterocycles. The molecular formula is C11H12N2O5S. The molecule has 0 saturated heterocycles. The van der Waals surface area contributed by atoms with Crippen molar-refractivity contribution in [3.8, 4) is 0 Å². The molecule has 0 saturated carbocycles. The molecule has 0 radical (unpaired) electrons. The van der Waals surface area contributed by atoms with Crippen LogP contribution in [0.15, 0.2) is 11.5 Å². The molecule has 1 amide bonds. The van der Waals surface area contributed by atoms with Crippen molar-refractivity contribution in [3.63, 3.8) is 0 Å². The second-order valence-electron chi connectivity index (χ2n) is 3.62. The Kier molecular flexibility index (Phi) is 5.19. The second-order valence-corrected chi connectivity index (χ2v) is 4.68. The number of amides is 1. The molecule has 19 heavy (non-hydrogen) atoms. The molecular weight excluding hydrogens is 272 g/mol. The van der Waals surface area contributed by atoms with Crippen LogP contribution in [-0.4, -0.2) is 39.1 Å². The molecule has 1 aromatic rings. The lowest BCUT2D eigenvalue weighted by molar-refractivity contribution is -0.146. The highest BCUT2D eigenvalue weighted by atomic mass is 32.1. The molecule has 1 rings (SSSR count). The minimum Gasteiger partial charge on any atom is -0.481 e. The van der Waals surface area contributed by atoms with Gasteiger partial charge in [0.15, 0.2) is 0 Å². The number of nitrogens with zero attached hydrogens (tertiary/aromatic N) is 1. The van der Waals surface area contributed by atoms with Gasteiger partial charge in [0.1, 0.15) is 6.04 Å². The zero-order chi connectivity index (χ0) is 14.4. The third-order valence-electron chi connectivity index (χ3n) is 2.04. The first-order valence-electron chi connectivity index (χ1n) is 5.24. The summed E-state index contributed by atoms with van der Waals surface area (Å²) in [4.78, 5) is 36.7. The summed E-state index contributed by atoms with van der Waals surface area (Å²) in [6.07, 6.45) is 1.87. The minimum atomic E-state index is -1.45. The SMILES string of the molecule is Cc1nc(/C=C/C(=O)N[C@@H](CC(=O)O)C(=O)O)cs1. The number of carbonyl (C=O) groups excluding carboxylic acids is 1. The summed E-state index contributed by atoms with van der Waals surface area (Å²) in [6.45, 7) is 1.81. The molecule has 0 aromatic carbocycles. The summed E-state index contributed by atoms with van der Waals surface area (Å²) in [5.74, 6) is -3.38. The lowest BCUT2D eigenvalue weighted by Crippen LogP contribution is -2.41. The van der Waals surface area contributed by atoms with Gasteiger partial charge in [0.25, 0.3) is 0 Å². The summed E-state index contributed by atoms with van der Waals surface area (Å²) in [6, 6.07) is -1.45. The average molecular weight is 284 g/mol. The molecule has 0 unspecified atom stereocenters. The predicted molar refractivity (Wildman–Crippen MR) is 67.7 cm³/mol. The highest BCUT2D eigenvalue weighted by molar-refractivity contribution is 7.09.